The van der Waals surface area contributed by atoms with Crippen molar-refractivity contribution in [3.05, 3.63) is 58.5 Å². The zero-order chi connectivity index (χ0) is 27.4. The van der Waals surface area contributed by atoms with Crippen molar-refractivity contribution in [3.8, 4) is 17.3 Å². The molecular formula is C24H24F2N10O2. The number of nitriles is 1. The highest BCUT2D eigenvalue weighted by Crippen LogP contribution is 2.30. The van der Waals surface area contributed by atoms with Gasteiger partial charge in [-0.25, -0.2) is 28.6 Å². The minimum absolute atomic E-state index is 0.0123. The Bertz CT molecular complexity index is 1460. The molecule has 3 amide bonds. The molecule has 0 radical (unpaired) electrons. The van der Waals surface area contributed by atoms with E-state index in [0.717, 1.165) is 12.3 Å². The molecule has 1 atom stereocenters. The van der Waals surface area contributed by atoms with Gasteiger partial charge in [0.15, 0.2) is 5.82 Å². The summed E-state index contributed by atoms with van der Waals surface area (Å²) in [5, 5.41) is 24.2. The number of halogens is 2. The number of carbonyl (C=O) groups is 2. The van der Waals surface area contributed by atoms with Crippen LogP contribution in [-0.2, 0) is 11.3 Å². The number of aryl methyl sites for hydroxylation is 1. The molecule has 1 aromatic carbocycles. The molecule has 0 saturated heterocycles. The van der Waals surface area contributed by atoms with Gasteiger partial charge in [-0.1, -0.05) is 0 Å². The molecule has 1 aliphatic heterocycles. The molecule has 4 N–H and O–H groups in total. The number of carbonyl (C=O) groups excluding carboxylic acids is 2. The van der Waals surface area contributed by atoms with Crippen LogP contribution in [0, 0.1) is 36.8 Å². The molecule has 0 unspecified atom stereocenters. The molecular weight excluding hydrogens is 498 g/mol. The minimum atomic E-state index is -0.663. The molecule has 0 fully saturated rings. The molecule has 38 heavy (non-hydrogen) atoms. The lowest BCUT2D eigenvalue weighted by atomic mass is 10.0. The fraction of sp³-hybridized carbons (Fsp3) is 0.292. The van der Waals surface area contributed by atoms with Gasteiger partial charge in [0.25, 0.3) is 0 Å². The predicted octanol–water partition coefficient (Wildman–Crippen LogP) is 2.15. The number of benzene rings is 1. The van der Waals surface area contributed by atoms with Gasteiger partial charge in [-0.2, -0.15) is 15.5 Å². The first-order valence-corrected chi connectivity index (χ1v) is 11.6. The number of rotatable bonds is 8. The zero-order valence-corrected chi connectivity index (χ0v) is 20.6. The Hall–Kier alpha value is -4.93. The maximum Gasteiger partial charge on any atom is 0.338 e. The standard InChI is InChI=1S/C24H24F2N10O2/c1-13-21(14(2)35(34-13)12-20(28)37)22-18(26)11-31-23(33-22)29-5-6-30-24(38)36-19(3-4-32-36)16-7-15(10-27)8-17(25)9-16/h4,7-9,11,19H,3,5-6,12H2,1-2H3,(H2,28,37)(H,30,38)(H,29,31,33)/t19-/m0/s1. The van der Waals surface area contributed by atoms with Gasteiger partial charge in [0.1, 0.15) is 18.1 Å². The molecule has 0 saturated carbocycles. The first kappa shape index (κ1) is 26.1. The maximum atomic E-state index is 14.6. The van der Waals surface area contributed by atoms with Gasteiger partial charge >= 0.3 is 6.03 Å². The summed E-state index contributed by atoms with van der Waals surface area (Å²) in [4.78, 5) is 32.2. The lowest BCUT2D eigenvalue weighted by Gasteiger charge is -2.22. The average molecular weight is 523 g/mol. The fourth-order valence-electron chi connectivity index (χ4n) is 4.15. The highest BCUT2D eigenvalue weighted by Gasteiger charge is 2.29. The molecule has 14 heteroatoms. The second-order valence-corrected chi connectivity index (χ2v) is 8.50. The number of primary amides is 1. The van der Waals surface area contributed by atoms with Crippen LogP contribution in [-0.4, -0.2) is 56.0 Å². The Morgan fingerprint density at radius 1 is 1.24 bits per heavy atom. The topological polar surface area (TPSA) is 167 Å². The van der Waals surface area contributed by atoms with E-state index in [1.165, 1.54) is 21.8 Å². The monoisotopic (exact) mass is 522 g/mol. The van der Waals surface area contributed by atoms with E-state index in [1.807, 2.05) is 6.07 Å². The summed E-state index contributed by atoms with van der Waals surface area (Å²) in [5.41, 5.74) is 7.31. The second-order valence-electron chi connectivity index (χ2n) is 8.50. The van der Waals surface area contributed by atoms with Crippen molar-refractivity contribution < 1.29 is 18.4 Å². The van der Waals surface area contributed by atoms with Crippen molar-refractivity contribution in [2.75, 3.05) is 18.4 Å². The summed E-state index contributed by atoms with van der Waals surface area (Å²) in [7, 11) is 0. The van der Waals surface area contributed by atoms with E-state index in [-0.39, 0.29) is 36.8 Å². The Morgan fingerprint density at radius 3 is 2.76 bits per heavy atom. The van der Waals surface area contributed by atoms with Gasteiger partial charge < -0.3 is 16.4 Å². The largest absolute Gasteiger partial charge is 0.368 e. The number of nitrogens with one attached hydrogen (secondary N) is 2. The van der Waals surface area contributed by atoms with Crippen LogP contribution in [0.2, 0.25) is 0 Å². The van der Waals surface area contributed by atoms with Crippen molar-refractivity contribution >= 4 is 24.1 Å². The van der Waals surface area contributed by atoms with Crippen molar-refractivity contribution in [2.24, 2.45) is 10.8 Å². The van der Waals surface area contributed by atoms with Crippen molar-refractivity contribution in [2.45, 2.75) is 32.9 Å². The van der Waals surface area contributed by atoms with E-state index in [2.05, 4.69) is 30.8 Å². The normalized spacial score (nSPS) is 14.4. The lowest BCUT2D eigenvalue weighted by Crippen LogP contribution is -2.39. The lowest BCUT2D eigenvalue weighted by molar-refractivity contribution is -0.118. The van der Waals surface area contributed by atoms with Crippen molar-refractivity contribution in [1.29, 1.82) is 5.26 Å². The number of anilines is 1. The molecule has 0 aliphatic carbocycles. The van der Waals surface area contributed by atoms with Crippen LogP contribution in [0.3, 0.4) is 0 Å². The van der Waals surface area contributed by atoms with E-state index in [1.54, 1.807) is 20.1 Å². The molecule has 12 nitrogen and oxygen atoms in total. The van der Waals surface area contributed by atoms with Gasteiger partial charge in [0.2, 0.25) is 11.9 Å². The molecule has 0 bridgehead atoms. The third kappa shape index (κ3) is 5.56. The van der Waals surface area contributed by atoms with Crippen LogP contribution < -0.4 is 16.4 Å². The summed E-state index contributed by atoms with van der Waals surface area (Å²) in [6, 6.07) is 4.75. The van der Waals surface area contributed by atoms with Gasteiger partial charge in [-0.05, 0) is 37.6 Å². The minimum Gasteiger partial charge on any atom is -0.368 e. The van der Waals surface area contributed by atoms with Gasteiger partial charge in [0.05, 0.1) is 29.6 Å². The zero-order valence-electron chi connectivity index (χ0n) is 20.6. The molecule has 3 aromatic rings. The number of nitrogens with two attached hydrogens (primary N) is 1. The Morgan fingerprint density at radius 2 is 2.03 bits per heavy atom. The van der Waals surface area contributed by atoms with E-state index in [0.29, 0.717) is 28.9 Å². The van der Waals surface area contributed by atoms with Crippen LogP contribution in [0.5, 0.6) is 0 Å². The Balaban J connectivity index is 1.38. The van der Waals surface area contributed by atoms with E-state index < -0.39 is 29.6 Å². The summed E-state index contributed by atoms with van der Waals surface area (Å²) in [5.74, 6) is -1.69. The number of hydrogen-bond donors (Lipinski definition) is 3. The van der Waals surface area contributed by atoms with Gasteiger partial charge in [0, 0.05) is 37.0 Å². The van der Waals surface area contributed by atoms with Gasteiger partial charge in [-0.15, -0.1) is 0 Å². The number of amides is 3. The van der Waals surface area contributed by atoms with E-state index in [4.69, 9.17) is 11.0 Å². The Labute approximate surface area is 216 Å². The average Bonchev–Trinajstić information content (AvgIpc) is 3.47. The fourth-order valence-corrected chi connectivity index (χ4v) is 4.15. The van der Waals surface area contributed by atoms with Crippen LogP contribution in [0.4, 0.5) is 19.5 Å². The predicted molar refractivity (Wildman–Crippen MR) is 133 cm³/mol. The van der Waals surface area contributed by atoms with Crippen LogP contribution in [0.1, 0.15) is 35.0 Å². The molecule has 0 spiro atoms. The first-order chi connectivity index (χ1) is 18.2. The summed E-state index contributed by atoms with van der Waals surface area (Å²) >= 11 is 0. The number of hydrogen-bond acceptors (Lipinski definition) is 8. The number of urea groups is 1. The Kier molecular flexibility index (Phi) is 7.56. The third-order valence-electron chi connectivity index (χ3n) is 5.82. The second kappa shape index (κ2) is 11.0. The third-order valence-corrected chi connectivity index (χ3v) is 5.82. The van der Waals surface area contributed by atoms with Crippen LogP contribution in [0.25, 0.3) is 11.3 Å². The summed E-state index contributed by atoms with van der Waals surface area (Å²) in [6.45, 7) is 3.56. The van der Waals surface area contributed by atoms with E-state index >= 15 is 0 Å². The number of hydrazone groups is 1. The number of nitrogens with zero attached hydrogens (tertiary/aromatic N) is 7. The van der Waals surface area contributed by atoms with Crippen LogP contribution >= 0.6 is 0 Å². The summed E-state index contributed by atoms with van der Waals surface area (Å²) < 4.78 is 29.9. The molecule has 196 valence electrons. The van der Waals surface area contributed by atoms with Crippen molar-refractivity contribution in [1.82, 2.24) is 30.1 Å². The van der Waals surface area contributed by atoms with Crippen molar-refractivity contribution in [3.63, 3.8) is 0 Å². The highest BCUT2D eigenvalue weighted by atomic mass is 19.1. The van der Waals surface area contributed by atoms with E-state index in [9.17, 15) is 18.4 Å². The highest BCUT2D eigenvalue weighted by molar-refractivity contribution is 5.78. The smallest absolute Gasteiger partial charge is 0.338 e. The number of aromatic nitrogens is 4. The molecule has 1 aliphatic rings. The summed E-state index contributed by atoms with van der Waals surface area (Å²) in [6.07, 6.45) is 2.94. The molecule has 3 heterocycles. The first-order valence-electron chi connectivity index (χ1n) is 11.6. The SMILES string of the molecule is Cc1nn(CC(N)=O)c(C)c1-c1nc(NCCNC(=O)N2N=CC[C@H]2c2cc(F)cc(C#N)c2)ncc1F. The molecule has 4 rings (SSSR count). The van der Waals surface area contributed by atoms with Gasteiger partial charge in [-0.3, -0.25) is 9.48 Å². The quantitative estimate of drug-likeness (QED) is 0.381. The maximum absolute atomic E-state index is 14.6. The van der Waals surface area contributed by atoms with Crippen LogP contribution in [0.15, 0.2) is 29.5 Å². The molecule has 2 aromatic heterocycles.